The van der Waals surface area contributed by atoms with E-state index in [1.807, 2.05) is 109 Å². The Morgan fingerprint density at radius 1 is 0.743 bits per heavy atom. The maximum Gasteiger partial charge on any atom is 0.360 e. The van der Waals surface area contributed by atoms with Gasteiger partial charge in [0.15, 0.2) is 12.8 Å². The normalized spacial score (nSPS) is 11.2. The Morgan fingerprint density at radius 3 is 1.91 bits per heavy atom. The van der Waals surface area contributed by atoms with Crippen LogP contribution in [0.2, 0.25) is 0 Å². The van der Waals surface area contributed by atoms with Crippen LogP contribution < -0.4 is 15.9 Å². The summed E-state index contributed by atoms with van der Waals surface area (Å²) in [7, 11) is -3.26. The van der Waals surface area contributed by atoms with Crippen LogP contribution >= 0.6 is 7.14 Å². The van der Waals surface area contributed by atoms with Crippen molar-refractivity contribution in [3.63, 3.8) is 0 Å². The van der Waals surface area contributed by atoms with Gasteiger partial charge < -0.3 is 13.7 Å². The maximum absolute atomic E-state index is 14.9. The minimum atomic E-state index is -3.26. The summed E-state index contributed by atoms with van der Waals surface area (Å²) in [6.07, 6.45) is 1.27. The molecule has 0 aliphatic heterocycles. The van der Waals surface area contributed by atoms with Gasteiger partial charge in [0.05, 0.1) is 0 Å². The molecule has 0 saturated carbocycles. The number of nitrogens with zero attached hydrogens (tertiary/aromatic N) is 1. The van der Waals surface area contributed by atoms with E-state index in [4.69, 9.17) is 9.15 Å². The second-order valence-corrected chi connectivity index (χ2v) is 10.6. The van der Waals surface area contributed by atoms with E-state index in [-0.39, 0.29) is 18.2 Å². The van der Waals surface area contributed by atoms with Gasteiger partial charge in [-0.25, -0.2) is 9.78 Å². The van der Waals surface area contributed by atoms with E-state index >= 15 is 0 Å². The van der Waals surface area contributed by atoms with Crippen LogP contribution in [0.4, 0.5) is 0 Å². The molecule has 1 heterocycles. The maximum atomic E-state index is 14.9. The van der Waals surface area contributed by atoms with Crippen molar-refractivity contribution in [2.24, 2.45) is 0 Å². The summed E-state index contributed by atoms with van der Waals surface area (Å²) in [5.74, 6) is -0.380. The van der Waals surface area contributed by atoms with Crippen LogP contribution in [0.3, 0.4) is 0 Å². The lowest BCUT2D eigenvalue weighted by Crippen LogP contribution is -2.26. The van der Waals surface area contributed by atoms with Crippen LogP contribution in [-0.4, -0.2) is 11.0 Å². The van der Waals surface area contributed by atoms with E-state index in [0.717, 1.165) is 5.56 Å². The minimum Gasteiger partial charge on any atom is -0.456 e. The fraction of sp³-hybridized carbons (Fsp3) is 0.0345. The van der Waals surface area contributed by atoms with Crippen molar-refractivity contribution in [2.45, 2.75) is 6.61 Å². The summed E-state index contributed by atoms with van der Waals surface area (Å²) in [5.41, 5.74) is 1.49. The van der Waals surface area contributed by atoms with Crippen LogP contribution in [0.1, 0.15) is 16.1 Å². The zero-order valence-corrected chi connectivity index (χ0v) is 19.7. The van der Waals surface area contributed by atoms with Gasteiger partial charge in [-0.2, -0.15) is 0 Å². The van der Waals surface area contributed by atoms with Gasteiger partial charge in [0.25, 0.3) is 0 Å². The molecule has 1 aromatic heterocycles. The Kier molecular flexibility index (Phi) is 6.42. The standard InChI is InChI=1S/C29H22NO4P/c31-29(34-20-22-12-4-1-5-13-22)26-21-33-28(30-26)25-18-10-11-19-27(25)35(32,23-14-6-2-7-15-23)24-16-8-3-9-17-24/h1-19,21H,20H2. The number of hydrogen-bond acceptors (Lipinski definition) is 5. The van der Waals surface area contributed by atoms with Gasteiger partial charge in [-0.05, 0) is 11.6 Å². The Bertz CT molecular complexity index is 1440. The second kappa shape index (κ2) is 9.96. The lowest BCUT2D eigenvalue weighted by Gasteiger charge is -2.21. The highest BCUT2D eigenvalue weighted by molar-refractivity contribution is 7.85. The lowest BCUT2D eigenvalue weighted by molar-refractivity contribution is 0.0465. The number of hydrogen-bond donors (Lipinski definition) is 0. The van der Waals surface area contributed by atoms with Crippen molar-refractivity contribution in [1.29, 1.82) is 0 Å². The summed E-state index contributed by atoms with van der Waals surface area (Å²) in [6, 6.07) is 35.5. The molecule has 0 atom stereocenters. The summed E-state index contributed by atoms with van der Waals surface area (Å²) < 4.78 is 25.9. The van der Waals surface area contributed by atoms with Gasteiger partial charge in [0.1, 0.15) is 12.9 Å². The molecule has 0 unspecified atom stereocenters. The molecule has 172 valence electrons. The number of aromatic nitrogens is 1. The highest BCUT2D eigenvalue weighted by Crippen LogP contribution is 2.45. The van der Waals surface area contributed by atoms with E-state index in [1.54, 1.807) is 6.07 Å². The molecule has 35 heavy (non-hydrogen) atoms. The predicted molar refractivity (Wildman–Crippen MR) is 137 cm³/mol. The van der Waals surface area contributed by atoms with Crippen molar-refractivity contribution >= 4 is 29.0 Å². The molecule has 0 fully saturated rings. The third-order valence-corrected chi connectivity index (χ3v) is 8.76. The number of carbonyl (C=O) groups is 1. The molecule has 0 aliphatic rings. The molecule has 0 amide bonds. The Balaban J connectivity index is 1.52. The highest BCUT2D eigenvalue weighted by Gasteiger charge is 2.33. The van der Waals surface area contributed by atoms with Crippen molar-refractivity contribution < 1.29 is 18.5 Å². The lowest BCUT2D eigenvalue weighted by atomic mass is 10.2. The van der Waals surface area contributed by atoms with E-state index < -0.39 is 13.1 Å². The third-order valence-electron chi connectivity index (χ3n) is 5.64. The first kappa shape index (κ1) is 22.6. The van der Waals surface area contributed by atoms with Gasteiger partial charge in [-0.15, -0.1) is 0 Å². The average molecular weight is 479 g/mol. The van der Waals surface area contributed by atoms with Gasteiger partial charge in [-0.1, -0.05) is 109 Å². The molecular formula is C29H22NO4P. The topological polar surface area (TPSA) is 69.4 Å². The molecular weight excluding hydrogens is 457 g/mol. The first-order chi connectivity index (χ1) is 17.2. The zero-order chi connectivity index (χ0) is 24.1. The summed E-state index contributed by atoms with van der Waals surface area (Å²) in [4.78, 5) is 17.0. The Labute approximate surface area is 203 Å². The van der Waals surface area contributed by atoms with Crippen molar-refractivity contribution in [1.82, 2.24) is 4.98 Å². The van der Waals surface area contributed by atoms with E-state index in [9.17, 15) is 9.36 Å². The monoisotopic (exact) mass is 479 g/mol. The van der Waals surface area contributed by atoms with Crippen molar-refractivity contribution in [3.05, 3.63) is 133 Å². The van der Waals surface area contributed by atoms with E-state index in [1.165, 1.54) is 6.26 Å². The van der Waals surface area contributed by atoms with Crippen LogP contribution in [0.15, 0.2) is 126 Å². The average Bonchev–Trinajstić information content (AvgIpc) is 3.43. The van der Waals surface area contributed by atoms with E-state index in [0.29, 0.717) is 21.5 Å². The molecule has 0 spiro atoms. The molecule has 6 heteroatoms. The Morgan fingerprint density at radius 2 is 1.29 bits per heavy atom. The van der Waals surface area contributed by atoms with Crippen LogP contribution in [-0.2, 0) is 15.9 Å². The number of esters is 1. The summed E-state index contributed by atoms with van der Waals surface area (Å²) in [6.45, 7) is 0.135. The van der Waals surface area contributed by atoms with Crippen LogP contribution in [0.25, 0.3) is 11.5 Å². The number of rotatable bonds is 7. The van der Waals surface area contributed by atoms with Gasteiger partial charge in [0.2, 0.25) is 5.89 Å². The van der Waals surface area contributed by atoms with E-state index in [2.05, 4.69) is 4.98 Å². The minimum absolute atomic E-state index is 0.0555. The molecule has 5 rings (SSSR count). The summed E-state index contributed by atoms with van der Waals surface area (Å²) in [5, 5.41) is 1.99. The van der Waals surface area contributed by atoms with Crippen LogP contribution in [0, 0.1) is 0 Å². The van der Waals surface area contributed by atoms with Crippen molar-refractivity contribution in [3.8, 4) is 11.5 Å². The van der Waals surface area contributed by atoms with Crippen LogP contribution in [0.5, 0.6) is 0 Å². The quantitative estimate of drug-likeness (QED) is 0.233. The largest absolute Gasteiger partial charge is 0.456 e. The van der Waals surface area contributed by atoms with Gasteiger partial charge >= 0.3 is 5.97 Å². The SMILES string of the molecule is O=C(OCc1ccccc1)c1coc(-c2ccccc2P(=O)(c2ccccc2)c2ccccc2)n1. The third kappa shape index (κ3) is 4.59. The zero-order valence-electron chi connectivity index (χ0n) is 18.8. The van der Waals surface area contributed by atoms with Gasteiger partial charge in [-0.3, -0.25) is 0 Å². The smallest absolute Gasteiger partial charge is 0.360 e. The fourth-order valence-corrected chi connectivity index (χ4v) is 6.76. The first-order valence-corrected chi connectivity index (χ1v) is 12.8. The number of carbonyl (C=O) groups excluding carboxylic acids is 1. The molecule has 0 bridgehead atoms. The van der Waals surface area contributed by atoms with Crippen molar-refractivity contribution in [2.75, 3.05) is 0 Å². The van der Waals surface area contributed by atoms with Gasteiger partial charge in [0, 0.05) is 21.5 Å². The molecule has 5 nitrogen and oxygen atoms in total. The second-order valence-electron chi connectivity index (χ2n) is 7.90. The Hall–Kier alpha value is -4.21. The number of oxazole rings is 1. The number of ether oxygens (including phenoxy) is 1. The highest BCUT2D eigenvalue weighted by atomic mass is 31.2. The summed E-state index contributed by atoms with van der Waals surface area (Å²) >= 11 is 0. The molecule has 0 N–H and O–H groups in total. The molecule has 4 aromatic carbocycles. The molecule has 0 saturated heterocycles. The molecule has 0 aliphatic carbocycles. The molecule has 0 radical (unpaired) electrons. The fourth-order valence-electron chi connectivity index (χ4n) is 3.92. The number of benzene rings is 4. The molecule has 5 aromatic rings. The predicted octanol–water partition coefficient (Wildman–Crippen LogP) is 5.34. The first-order valence-electron chi connectivity index (χ1n) is 11.1.